The number of aryl methyl sites for hydroxylation is 3. The van der Waals surface area contributed by atoms with Crippen LogP contribution in [0.15, 0.2) is 42.5 Å². The van der Waals surface area contributed by atoms with Crippen LogP contribution in [0.5, 0.6) is 5.75 Å². The number of benzene rings is 2. The average Bonchev–Trinajstić information content (AvgIpc) is 2.70. The smallest absolute Gasteiger partial charge is 0.419 e. The molecule has 0 aliphatic heterocycles. The molecule has 0 saturated heterocycles. The van der Waals surface area contributed by atoms with E-state index in [2.05, 4.69) is 0 Å². The van der Waals surface area contributed by atoms with Crippen LogP contribution < -0.4 is 10.5 Å². The van der Waals surface area contributed by atoms with E-state index in [1.54, 1.807) is 6.07 Å². The second-order valence-electron chi connectivity index (χ2n) is 7.44. The third kappa shape index (κ3) is 7.80. The van der Waals surface area contributed by atoms with E-state index in [1.165, 1.54) is 6.07 Å². The largest absolute Gasteiger partial charge is 0.493 e. The number of alkyl halides is 3. The Morgan fingerprint density at radius 1 is 0.933 bits per heavy atom. The molecule has 0 fully saturated rings. The molecular formula is C22H29ClF3NO3. The Bertz CT molecular complexity index is 778. The first kappa shape index (κ1) is 26.2. The molecule has 2 aromatic carbocycles. The molecule has 0 spiro atoms. The van der Waals surface area contributed by atoms with Gasteiger partial charge in [-0.15, -0.1) is 12.4 Å². The van der Waals surface area contributed by atoms with Crippen LogP contribution >= 0.6 is 12.4 Å². The molecule has 4 N–H and O–H groups in total. The number of halogens is 4. The third-order valence-electron chi connectivity index (χ3n) is 4.88. The Balaban J connectivity index is 0.00000450. The van der Waals surface area contributed by atoms with E-state index in [-0.39, 0.29) is 37.6 Å². The summed E-state index contributed by atoms with van der Waals surface area (Å²) in [5.74, 6) is -0.200. The van der Waals surface area contributed by atoms with Gasteiger partial charge in [-0.2, -0.15) is 13.2 Å². The number of rotatable bonds is 10. The van der Waals surface area contributed by atoms with Gasteiger partial charge in [0, 0.05) is 0 Å². The lowest BCUT2D eigenvalue weighted by molar-refractivity contribution is -0.139. The van der Waals surface area contributed by atoms with Crippen LogP contribution in [0.3, 0.4) is 0 Å². The highest BCUT2D eigenvalue weighted by atomic mass is 35.5. The molecule has 168 valence electrons. The predicted molar refractivity (Wildman–Crippen MR) is 113 cm³/mol. The standard InChI is InChI=1S/C22H28F3NO3.ClH/c1-16-4-6-17(7-5-16)3-2-12-29-20-9-8-18(13-19(20)22(23,24)25)10-11-21(26,14-27)15-28;/h4-9,13,27-28H,2-3,10-12,14-15,26H2,1H3;1H. The van der Waals surface area contributed by atoms with Crippen molar-refractivity contribution in [1.82, 2.24) is 0 Å². The maximum atomic E-state index is 13.5. The van der Waals surface area contributed by atoms with Crippen molar-refractivity contribution in [3.63, 3.8) is 0 Å². The minimum Gasteiger partial charge on any atom is -0.493 e. The molecular weight excluding hydrogens is 419 g/mol. The van der Waals surface area contributed by atoms with Gasteiger partial charge in [0.2, 0.25) is 0 Å². The fraction of sp³-hybridized carbons (Fsp3) is 0.455. The average molecular weight is 448 g/mol. The Hall–Kier alpha value is -1.80. The summed E-state index contributed by atoms with van der Waals surface area (Å²) in [6, 6.07) is 11.9. The summed E-state index contributed by atoms with van der Waals surface area (Å²) >= 11 is 0. The minimum atomic E-state index is -4.55. The lowest BCUT2D eigenvalue weighted by Crippen LogP contribution is -2.47. The van der Waals surface area contributed by atoms with Gasteiger partial charge in [-0.3, -0.25) is 0 Å². The maximum absolute atomic E-state index is 13.5. The van der Waals surface area contributed by atoms with Gasteiger partial charge in [0.25, 0.3) is 0 Å². The van der Waals surface area contributed by atoms with Crippen LogP contribution in [0.1, 0.15) is 35.1 Å². The molecule has 0 atom stereocenters. The summed E-state index contributed by atoms with van der Waals surface area (Å²) in [6.07, 6.45) is -2.86. The fourth-order valence-corrected chi connectivity index (χ4v) is 2.89. The lowest BCUT2D eigenvalue weighted by Gasteiger charge is -2.24. The number of aliphatic hydroxyl groups is 2. The first-order chi connectivity index (χ1) is 13.7. The number of hydrogen-bond donors (Lipinski definition) is 3. The maximum Gasteiger partial charge on any atom is 0.419 e. The molecule has 4 nitrogen and oxygen atoms in total. The monoisotopic (exact) mass is 447 g/mol. The molecule has 0 radical (unpaired) electrons. The van der Waals surface area contributed by atoms with E-state index in [0.717, 1.165) is 23.6 Å². The van der Waals surface area contributed by atoms with Crippen molar-refractivity contribution in [3.05, 3.63) is 64.7 Å². The van der Waals surface area contributed by atoms with Crippen LogP contribution in [0.4, 0.5) is 13.2 Å². The molecule has 0 amide bonds. The quantitative estimate of drug-likeness (QED) is 0.480. The van der Waals surface area contributed by atoms with E-state index in [4.69, 9.17) is 10.5 Å². The van der Waals surface area contributed by atoms with Crippen molar-refractivity contribution >= 4 is 12.4 Å². The lowest BCUT2D eigenvalue weighted by atomic mass is 9.93. The van der Waals surface area contributed by atoms with Crippen LogP contribution in [-0.2, 0) is 19.0 Å². The van der Waals surface area contributed by atoms with Gasteiger partial charge in [-0.25, -0.2) is 0 Å². The minimum absolute atomic E-state index is 0. The SMILES string of the molecule is Cc1ccc(CCCOc2ccc(CCC(N)(CO)CO)cc2C(F)(F)F)cc1.Cl. The zero-order valence-corrected chi connectivity index (χ0v) is 17.7. The third-order valence-corrected chi connectivity index (χ3v) is 4.88. The number of aliphatic hydroxyl groups excluding tert-OH is 2. The van der Waals surface area contributed by atoms with E-state index < -0.39 is 30.5 Å². The Morgan fingerprint density at radius 3 is 2.10 bits per heavy atom. The molecule has 0 bridgehead atoms. The summed E-state index contributed by atoms with van der Waals surface area (Å²) in [7, 11) is 0. The van der Waals surface area contributed by atoms with Crippen molar-refractivity contribution < 1.29 is 28.1 Å². The molecule has 2 aromatic rings. The summed E-state index contributed by atoms with van der Waals surface area (Å²) in [6.45, 7) is 1.28. The van der Waals surface area contributed by atoms with Crippen molar-refractivity contribution in [1.29, 1.82) is 0 Å². The highest BCUT2D eigenvalue weighted by molar-refractivity contribution is 5.85. The molecule has 0 unspecified atom stereocenters. The van der Waals surface area contributed by atoms with E-state index in [0.29, 0.717) is 12.0 Å². The van der Waals surface area contributed by atoms with Gasteiger partial charge in [0.1, 0.15) is 5.75 Å². The van der Waals surface area contributed by atoms with Crippen LogP contribution in [-0.4, -0.2) is 35.6 Å². The van der Waals surface area contributed by atoms with Gasteiger partial charge < -0.3 is 20.7 Å². The van der Waals surface area contributed by atoms with E-state index >= 15 is 0 Å². The normalized spacial score (nSPS) is 11.8. The Labute approximate surface area is 181 Å². The molecule has 0 heterocycles. The summed E-state index contributed by atoms with van der Waals surface area (Å²) in [4.78, 5) is 0. The Kier molecular flexibility index (Phi) is 10.1. The number of ether oxygens (including phenoxy) is 1. The van der Waals surface area contributed by atoms with Crippen LogP contribution in [0, 0.1) is 6.92 Å². The van der Waals surface area contributed by atoms with Crippen molar-refractivity contribution in [2.24, 2.45) is 5.73 Å². The Morgan fingerprint density at radius 2 is 1.53 bits per heavy atom. The molecule has 30 heavy (non-hydrogen) atoms. The van der Waals surface area contributed by atoms with Gasteiger partial charge in [0.05, 0.1) is 30.9 Å². The van der Waals surface area contributed by atoms with Crippen molar-refractivity contribution in [2.75, 3.05) is 19.8 Å². The van der Waals surface area contributed by atoms with Crippen molar-refractivity contribution in [3.8, 4) is 5.75 Å². The highest BCUT2D eigenvalue weighted by Crippen LogP contribution is 2.37. The zero-order chi connectivity index (χ0) is 21.5. The highest BCUT2D eigenvalue weighted by Gasteiger charge is 2.35. The molecule has 0 aromatic heterocycles. The number of nitrogens with two attached hydrogens (primary N) is 1. The molecule has 0 aliphatic carbocycles. The van der Waals surface area contributed by atoms with Crippen LogP contribution in [0.25, 0.3) is 0 Å². The van der Waals surface area contributed by atoms with Gasteiger partial charge >= 0.3 is 6.18 Å². The zero-order valence-electron chi connectivity index (χ0n) is 16.9. The summed E-state index contributed by atoms with van der Waals surface area (Å²) < 4.78 is 45.8. The molecule has 0 aliphatic rings. The second-order valence-corrected chi connectivity index (χ2v) is 7.44. The molecule has 2 rings (SSSR count). The topological polar surface area (TPSA) is 75.7 Å². The van der Waals surface area contributed by atoms with Gasteiger partial charge in [0.15, 0.2) is 0 Å². The molecule has 0 saturated carbocycles. The summed E-state index contributed by atoms with van der Waals surface area (Å²) in [5, 5.41) is 18.4. The van der Waals surface area contributed by atoms with E-state index in [1.807, 2.05) is 31.2 Å². The fourth-order valence-electron chi connectivity index (χ4n) is 2.89. The van der Waals surface area contributed by atoms with Crippen LogP contribution in [0.2, 0.25) is 0 Å². The number of hydrogen-bond acceptors (Lipinski definition) is 4. The second kappa shape index (κ2) is 11.6. The van der Waals surface area contributed by atoms with Crippen molar-refractivity contribution in [2.45, 2.75) is 44.3 Å². The first-order valence-corrected chi connectivity index (χ1v) is 9.56. The van der Waals surface area contributed by atoms with E-state index in [9.17, 15) is 23.4 Å². The van der Waals surface area contributed by atoms with Gasteiger partial charge in [-0.1, -0.05) is 35.9 Å². The molecule has 8 heteroatoms. The summed E-state index contributed by atoms with van der Waals surface area (Å²) in [5.41, 5.74) is 6.43. The first-order valence-electron chi connectivity index (χ1n) is 9.56. The predicted octanol–water partition coefficient (Wildman–Crippen LogP) is 4.06. The van der Waals surface area contributed by atoms with Gasteiger partial charge in [-0.05, 0) is 55.9 Å².